The first-order valence-corrected chi connectivity index (χ1v) is 7.89. The molecule has 0 aliphatic rings. The summed E-state index contributed by atoms with van der Waals surface area (Å²) in [6.45, 7) is 4.85. The summed E-state index contributed by atoms with van der Waals surface area (Å²) in [7, 11) is 1.76. The Balaban J connectivity index is 2.37. The van der Waals surface area contributed by atoms with Gasteiger partial charge in [-0.3, -0.25) is 14.9 Å². The number of nitro groups is 1. The molecule has 0 saturated carbocycles. The van der Waals surface area contributed by atoms with Gasteiger partial charge in [0.1, 0.15) is 6.33 Å². The molecule has 0 bridgehead atoms. The highest BCUT2D eigenvalue weighted by Gasteiger charge is 2.21. The van der Waals surface area contributed by atoms with E-state index in [1.54, 1.807) is 28.6 Å². The third-order valence-corrected chi connectivity index (χ3v) is 4.44. The van der Waals surface area contributed by atoms with Crippen LogP contribution in [0.4, 0.5) is 5.69 Å². The van der Waals surface area contributed by atoms with E-state index in [9.17, 15) is 14.9 Å². The van der Waals surface area contributed by atoms with Crippen molar-refractivity contribution in [3.8, 4) is 0 Å². The molecule has 0 spiro atoms. The minimum atomic E-state index is -0.488. The van der Waals surface area contributed by atoms with Crippen LogP contribution in [0.5, 0.6) is 0 Å². The van der Waals surface area contributed by atoms with E-state index < -0.39 is 4.92 Å². The summed E-state index contributed by atoms with van der Waals surface area (Å²) in [6.07, 6.45) is 1.52. The van der Waals surface area contributed by atoms with Crippen molar-refractivity contribution in [3.63, 3.8) is 0 Å². The number of aromatic nitrogens is 3. The Kier molecular flexibility index (Phi) is 5.32. The summed E-state index contributed by atoms with van der Waals surface area (Å²) in [6, 6.07) is 4.50. The highest BCUT2D eigenvalue weighted by atomic mass is 32.2. The summed E-state index contributed by atoms with van der Waals surface area (Å²) < 4.78 is 1.67. The van der Waals surface area contributed by atoms with Gasteiger partial charge in [0.25, 0.3) is 11.6 Å². The molecule has 0 saturated heterocycles. The topological polar surface area (TPSA) is 94.2 Å². The normalized spacial score (nSPS) is 10.6. The number of amides is 1. The highest BCUT2D eigenvalue weighted by molar-refractivity contribution is 7.99. The molecule has 1 amide bonds. The van der Waals surface area contributed by atoms with Crippen LogP contribution in [0.25, 0.3) is 0 Å². The predicted octanol–water partition coefficient (Wildman–Crippen LogP) is 2.36. The molecule has 1 aromatic carbocycles. The van der Waals surface area contributed by atoms with Gasteiger partial charge in [0.05, 0.1) is 9.82 Å². The highest BCUT2D eigenvalue weighted by Crippen LogP contribution is 2.34. The summed E-state index contributed by atoms with van der Waals surface area (Å²) >= 11 is 1.14. The van der Waals surface area contributed by atoms with Gasteiger partial charge in [-0.15, -0.1) is 10.2 Å². The molecule has 23 heavy (non-hydrogen) atoms. The van der Waals surface area contributed by atoms with Crippen LogP contribution < -0.4 is 0 Å². The fourth-order valence-electron chi connectivity index (χ4n) is 2.04. The number of aryl methyl sites for hydroxylation is 1. The second-order valence-electron chi connectivity index (χ2n) is 4.74. The molecule has 1 heterocycles. The van der Waals surface area contributed by atoms with Gasteiger partial charge in [0.2, 0.25) is 0 Å². The molecule has 0 N–H and O–H groups in total. The molecule has 122 valence electrons. The Morgan fingerprint density at radius 3 is 2.61 bits per heavy atom. The smallest absolute Gasteiger partial charge is 0.284 e. The minimum absolute atomic E-state index is 0.115. The van der Waals surface area contributed by atoms with Crippen molar-refractivity contribution in [3.05, 3.63) is 40.2 Å². The van der Waals surface area contributed by atoms with E-state index in [0.717, 1.165) is 11.8 Å². The van der Waals surface area contributed by atoms with E-state index in [4.69, 9.17) is 0 Å². The Bertz CT molecular complexity index is 727. The Labute approximate surface area is 137 Å². The summed E-state index contributed by atoms with van der Waals surface area (Å²) in [5, 5.41) is 19.5. The largest absolute Gasteiger partial charge is 0.339 e. The average Bonchev–Trinajstić information content (AvgIpc) is 2.93. The van der Waals surface area contributed by atoms with Crippen molar-refractivity contribution in [2.45, 2.75) is 23.9 Å². The van der Waals surface area contributed by atoms with E-state index in [1.165, 1.54) is 12.4 Å². The quantitative estimate of drug-likeness (QED) is 0.594. The molecule has 0 radical (unpaired) electrons. The lowest BCUT2D eigenvalue weighted by Gasteiger charge is -2.18. The fourth-order valence-corrected chi connectivity index (χ4v) is 2.89. The third-order valence-electron chi connectivity index (χ3n) is 3.32. The molecular weight excluding hydrogens is 318 g/mol. The predicted molar refractivity (Wildman–Crippen MR) is 85.5 cm³/mol. The van der Waals surface area contributed by atoms with Crippen LogP contribution in [0, 0.1) is 10.1 Å². The molecular formula is C14H17N5O3S. The van der Waals surface area contributed by atoms with Gasteiger partial charge in [-0.1, -0.05) is 0 Å². The molecule has 9 heteroatoms. The van der Waals surface area contributed by atoms with Gasteiger partial charge in [-0.2, -0.15) is 0 Å². The maximum atomic E-state index is 12.3. The summed E-state index contributed by atoms with van der Waals surface area (Å²) in [5.41, 5.74) is 0.193. The number of carbonyl (C=O) groups is 1. The zero-order valence-corrected chi connectivity index (χ0v) is 13.9. The van der Waals surface area contributed by atoms with Gasteiger partial charge < -0.3 is 9.47 Å². The molecule has 2 aromatic rings. The van der Waals surface area contributed by atoms with E-state index in [0.29, 0.717) is 28.7 Å². The van der Waals surface area contributed by atoms with Crippen LogP contribution in [0.2, 0.25) is 0 Å². The van der Waals surface area contributed by atoms with E-state index >= 15 is 0 Å². The zero-order valence-electron chi connectivity index (χ0n) is 13.1. The van der Waals surface area contributed by atoms with E-state index in [-0.39, 0.29) is 11.6 Å². The van der Waals surface area contributed by atoms with Crippen molar-refractivity contribution < 1.29 is 9.72 Å². The SMILES string of the molecule is CCN(CC)C(=O)c1ccc(Sc2nncn2C)c([N+](=O)[O-])c1. The number of nitro benzene ring substituents is 1. The van der Waals surface area contributed by atoms with E-state index in [2.05, 4.69) is 10.2 Å². The molecule has 2 rings (SSSR count). The van der Waals surface area contributed by atoms with Crippen molar-refractivity contribution in [1.82, 2.24) is 19.7 Å². The average molecular weight is 335 g/mol. The Morgan fingerprint density at radius 1 is 1.39 bits per heavy atom. The number of rotatable bonds is 6. The maximum absolute atomic E-state index is 12.3. The van der Waals surface area contributed by atoms with E-state index in [1.807, 2.05) is 13.8 Å². The van der Waals surface area contributed by atoms with Crippen LogP contribution in [0.3, 0.4) is 0 Å². The monoisotopic (exact) mass is 335 g/mol. The zero-order chi connectivity index (χ0) is 17.0. The van der Waals surface area contributed by atoms with Gasteiger partial charge in [0, 0.05) is 31.8 Å². The summed E-state index contributed by atoms with van der Waals surface area (Å²) in [5.74, 6) is -0.215. The molecule has 0 aliphatic heterocycles. The lowest BCUT2D eigenvalue weighted by atomic mass is 10.1. The molecule has 0 fully saturated rings. The number of nitrogens with zero attached hydrogens (tertiary/aromatic N) is 5. The molecule has 0 aliphatic carbocycles. The Hall–Kier alpha value is -2.42. The Morgan fingerprint density at radius 2 is 2.09 bits per heavy atom. The van der Waals surface area contributed by atoms with Crippen molar-refractivity contribution in [2.24, 2.45) is 7.05 Å². The van der Waals surface area contributed by atoms with Crippen molar-refractivity contribution in [2.75, 3.05) is 13.1 Å². The van der Waals surface area contributed by atoms with Gasteiger partial charge >= 0.3 is 0 Å². The standard InChI is InChI=1S/C14H17N5O3S/c1-4-18(5-2)13(20)10-6-7-12(11(8-10)19(21)22)23-14-16-15-9-17(14)3/h6-9H,4-5H2,1-3H3. The lowest BCUT2D eigenvalue weighted by Crippen LogP contribution is -2.30. The molecule has 8 nitrogen and oxygen atoms in total. The maximum Gasteiger partial charge on any atom is 0.284 e. The third kappa shape index (κ3) is 3.67. The second-order valence-corrected chi connectivity index (χ2v) is 5.75. The number of hydrogen-bond donors (Lipinski definition) is 0. The fraction of sp³-hybridized carbons (Fsp3) is 0.357. The van der Waals surface area contributed by atoms with Crippen LogP contribution in [-0.2, 0) is 7.05 Å². The molecule has 1 aromatic heterocycles. The summed E-state index contributed by atoms with van der Waals surface area (Å²) in [4.78, 5) is 25.2. The lowest BCUT2D eigenvalue weighted by molar-refractivity contribution is -0.387. The van der Waals surface area contributed by atoms with Crippen molar-refractivity contribution in [1.29, 1.82) is 0 Å². The minimum Gasteiger partial charge on any atom is -0.339 e. The first-order valence-electron chi connectivity index (χ1n) is 7.07. The number of hydrogen-bond acceptors (Lipinski definition) is 6. The first kappa shape index (κ1) is 16.9. The van der Waals surface area contributed by atoms with Gasteiger partial charge in [-0.05, 0) is 37.7 Å². The first-order chi connectivity index (χ1) is 11.0. The van der Waals surface area contributed by atoms with Crippen LogP contribution >= 0.6 is 11.8 Å². The second kappa shape index (κ2) is 7.23. The van der Waals surface area contributed by atoms with Gasteiger partial charge in [0.15, 0.2) is 5.16 Å². The van der Waals surface area contributed by atoms with Gasteiger partial charge in [-0.25, -0.2) is 0 Å². The van der Waals surface area contributed by atoms with Crippen LogP contribution in [0.1, 0.15) is 24.2 Å². The van der Waals surface area contributed by atoms with Crippen molar-refractivity contribution >= 4 is 23.4 Å². The molecule has 0 unspecified atom stereocenters. The molecule has 0 atom stereocenters. The van der Waals surface area contributed by atoms with Crippen LogP contribution in [0.15, 0.2) is 34.6 Å². The number of benzene rings is 1. The van der Waals surface area contributed by atoms with Crippen LogP contribution in [-0.4, -0.2) is 43.6 Å². The number of carbonyl (C=O) groups excluding carboxylic acids is 1.